The molecule has 0 atom stereocenters. The molecule has 0 amide bonds. The molecule has 4 heteroatoms. The van der Waals surface area contributed by atoms with E-state index in [1.165, 1.54) is 0 Å². The zero-order chi connectivity index (χ0) is 13.0. The van der Waals surface area contributed by atoms with Gasteiger partial charge in [0.05, 0.1) is 10.9 Å². The van der Waals surface area contributed by atoms with Crippen molar-refractivity contribution >= 4 is 43.5 Å². The summed E-state index contributed by atoms with van der Waals surface area (Å²) in [7, 11) is 0. The molecule has 4 aromatic rings. The van der Waals surface area contributed by atoms with Crippen molar-refractivity contribution in [3.63, 3.8) is 0 Å². The largest absolute Gasteiger partial charge is 0.440 e. The molecule has 0 saturated carbocycles. The van der Waals surface area contributed by atoms with Gasteiger partial charge in [-0.3, -0.25) is 4.79 Å². The summed E-state index contributed by atoms with van der Waals surface area (Å²) in [6.45, 7) is 0. The van der Waals surface area contributed by atoms with E-state index < -0.39 is 0 Å². The number of rotatable bonds is 0. The van der Waals surface area contributed by atoms with E-state index in [1.54, 1.807) is 10.5 Å². The summed E-state index contributed by atoms with van der Waals surface area (Å²) in [5, 5.41) is 1.57. The minimum Gasteiger partial charge on any atom is -0.440 e. The highest BCUT2D eigenvalue weighted by Gasteiger charge is 2.10. The Labute approximate surface area is 116 Å². The van der Waals surface area contributed by atoms with Gasteiger partial charge in [0.2, 0.25) is 5.71 Å². The lowest BCUT2D eigenvalue weighted by Crippen LogP contribution is -2.11. The average Bonchev–Trinajstić information content (AvgIpc) is 2.76. The maximum absolute atomic E-state index is 12.5. The molecule has 2 aromatic carbocycles. The summed E-state index contributed by atoms with van der Waals surface area (Å²) < 4.78 is 8.39. The van der Waals surface area contributed by atoms with Crippen LogP contribution in [0.4, 0.5) is 0 Å². The lowest BCUT2D eigenvalue weighted by atomic mass is 10.2. The van der Waals surface area contributed by atoms with Crippen LogP contribution in [-0.4, -0.2) is 4.40 Å². The Morgan fingerprint density at radius 2 is 1.89 bits per heavy atom. The molecule has 92 valence electrons. The first-order valence-corrected chi connectivity index (χ1v) is 6.66. The Morgan fingerprint density at radius 3 is 2.79 bits per heavy atom. The second-order valence-electron chi connectivity index (χ2n) is 4.42. The van der Waals surface area contributed by atoms with Gasteiger partial charge in [-0.2, -0.15) is 0 Å². The molecule has 0 aliphatic heterocycles. The van der Waals surface area contributed by atoms with Gasteiger partial charge < -0.3 is 4.42 Å². The SMILES string of the molecule is O=c1c2ccccc2oc2cc3cc(Br)ccc3n12. The number of halogens is 1. The highest BCUT2D eigenvalue weighted by molar-refractivity contribution is 9.10. The summed E-state index contributed by atoms with van der Waals surface area (Å²) in [5.41, 5.74) is 1.99. The molecule has 0 aliphatic rings. The number of hydrogen-bond donors (Lipinski definition) is 0. The van der Waals surface area contributed by atoms with E-state index in [4.69, 9.17) is 4.42 Å². The van der Waals surface area contributed by atoms with Crippen LogP contribution in [0.15, 0.2) is 62.2 Å². The smallest absolute Gasteiger partial charge is 0.269 e. The van der Waals surface area contributed by atoms with Crippen molar-refractivity contribution in [1.82, 2.24) is 4.40 Å². The molecule has 3 nitrogen and oxygen atoms in total. The van der Waals surface area contributed by atoms with Crippen molar-refractivity contribution in [3.8, 4) is 0 Å². The molecule has 0 aliphatic carbocycles. The molecular weight excluding hydrogens is 306 g/mol. The summed E-state index contributed by atoms with van der Waals surface area (Å²) in [4.78, 5) is 12.5. The van der Waals surface area contributed by atoms with E-state index in [0.717, 1.165) is 15.4 Å². The molecule has 0 bridgehead atoms. The van der Waals surface area contributed by atoms with E-state index >= 15 is 0 Å². The lowest BCUT2D eigenvalue weighted by molar-refractivity contribution is 0.631. The summed E-state index contributed by atoms with van der Waals surface area (Å²) in [5.74, 6) is 0. The summed E-state index contributed by atoms with van der Waals surface area (Å²) in [6.07, 6.45) is 0. The highest BCUT2D eigenvalue weighted by Crippen LogP contribution is 2.24. The van der Waals surface area contributed by atoms with Crippen LogP contribution in [0.5, 0.6) is 0 Å². The maximum Gasteiger partial charge on any atom is 0.269 e. The van der Waals surface area contributed by atoms with Crippen molar-refractivity contribution in [2.75, 3.05) is 0 Å². The van der Waals surface area contributed by atoms with Crippen molar-refractivity contribution in [3.05, 3.63) is 63.4 Å². The molecular formula is C15H8BrNO2. The Morgan fingerprint density at radius 1 is 1.05 bits per heavy atom. The summed E-state index contributed by atoms with van der Waals surface area (Å²) >= 11 is 3.43. The summed E-state index contributed by atoms with van der Waals surface area (Å²) in [6, 6.07) is 15.0. The van der Waals surface area contributed by atoms with Gasteiger partial charge in [-0.1, -0.05) is 28.1 Å². The fraction of sp³-hybridized carbons (Fsp3) is 0. The Hall–Kier alpha value is -2.07. The van der Waals surface area contributed by atoms with Crippen LogP contribution in [0.2, 0.25) is 0 Å². The van der Waals surface area contributed by atoms with Crippen LogP contribution >= 0.6 is 15.9 Å². The van der Waals surface area contributed by atoms with E-state index in [-0.39, 0.29) is 5.56 Å². The maximum atomic E-state index is 12.5. The average molecular weight is 314 g/mol. The van der Waals surface area contributed by atoms with Gasteiger partial charge in [0.25, 0.3) is 5.56 Å². The number of para-hydroxylation sites is 1. The molecule has 0 radical (unpaired) electrons. The molecule has 0 saturated heterocycles. The first kappa shape index (κ1) is 10.8. The van der Waals surface area contributed by atoms with Crippen LogP contribution in [0, 0.1) is 0 Å². The number of nitrogens with zero attached hydrogens (tertiary/aromatic N) is 1. The molecule has 0 fully saturated rings. The van der Waals surface area contributed by atoms with E-state index in [0.29, 0.717) is 16.7 Å². The fourth-order valence-electron chi connectivity index (χ4n) is 2.41. The van der Waals surface area contributed by atoms with E-state index in [9.17, 15) is 4.79 Å². The van der Waals surface area contributed by atoms with E-state index in [2.05, 4.69) is 15.9 Å². The van der Waals surface area contributed by atoms with Gasteiger partial charge in [0, 0.05) is 15.9 Å². The Kier molecular flexibility index (Phi) is 2.11. The molecule has 0 N–H and O–H groups in total. The quantitative estimate of drug-likeness (QED) is 0.492. The first-order chi connectivity index (χ1) is 9.24. The van der Waals surface area contributed by atoms with Crippen molar-refractivity contribution < 1.29 is 4.42 Å². The zero-order valence-corrected chi connectivity index (χ0v) is 11.3. The minimum atomic E-state index is -0.0471. The van der Waals surface area contributed by atoms with Crippen LogP contribution in [-0.2, 0) is 0 Å². The Balaban J connectivity index is 2.33. The highest BCUT2D eigenvalue weighted by atomic mass is 79.9. The first-order valence-electron chi connectivity index (χ1n) is 5.86. The second-order valence-corrected chi connectivity index (χ2v) is 5.34. The third-order valence-electron chi connectivity index (χ3n) is 3.26. The third-order valence-corrected chi connectivity index (χ3v) is 3.76. The standard InChI is InChI=1S/C15H8BrNO2/c16-10-5-6-12-9(7-10)8-14-17(12)15(18)11-3-1-2-4-13(11)19-14/h1-8H. The molecule has 2 heterocycles. The topological polar surface area (TPSA) is 34.6 Å². The van der Waals surface area contributed by atoms with Crippen molar-refractivity contribution in [1.29, 1.82) is 0 Å². The number of benzene rings is 2. The molecule has 4 rings (SSSR count). The lowest BCUT2D eigenvalue weighted by Gasteiger charge is -1.99. The molecule has 19 heavy (non-hydrogen) atoms. The minimum absolute atomic E-state index is 0.0471. The van der Waals surface area contributed by atoms with Crippen molar-refractivity contribution in [2.24, 2.45) is 0 Å². The normalized spacial score (nSPS) is 11.6. The van der Waals surface area contributed by atoms with Gasteiger partial charge in [-0.25, -0.2) is 4.40 Å². The van der Waals surface area contributed by atoms with Crippen LogP contribution in [0.3, 0.4) is 0 Å². The number of fused-ring (bicyclic) bond motifs is 4. The van der Waals surface area contributed by atoms with Gasteiger partial charge >= 0.3 is 0 Å². The Bertz CT molecular complexity index is 997. The van der Waals surface area contributed by atoms with Gasteiger partial charge in [-0.05, 0) is 30.3 Å². The fourth-order valence-corrected chi connectivity index (χ4v) is 2.79. The molecule has 0 unspecified atom stereocenters. The molecule has 2 aromatic heterocycles. The van der Waals surface area contributed by atoms with Gasteiger partial charge in [-0.15, -0.1) is 0 Å². The van der Waals surface area contributed by atoms with Crippen molar-refractivity contribution in [2.45, 2.75) is 0 Å². The van der Waals surface area contributed by atoms with Crippen LogP contribution < -0.4 is 5.56 Å². The van der Waals surface area contributed by atoms with Crippen LogP contribution in [0.1, 0.15) is 0 Å². The van der Waals surface area contributed by atoms with Crippen LogP contribution in [0.25, 0.3) is 27.6 Å². The zero-order valence-electron chi connectivity index (χ0n) is 9.76. The monoisotopic (exact) mass is 313 g/mol. The number of hydrogen-bond acceptors (Lipinski definition) is 2. The van der Waals surface area contributed by atoms with Gasteiger partial charge in [0.15, 0.2) is 0 Å². The predicted octanol–water partition coefficient (Wildman–Crippen LogP) is 3.96. The van der Waals surface area contributed by atoms with E-state index in [1.807, 2.05) is 42.5 Å². The van der Waals surface area contributed by atoms with Gasteiger partial charge in [0.1, 0.15) is 5.58 Å². The second kappa shape index (κ2) is 3.71. The third kappa shape index (κ3) is 1.47. The number of aromatic nitrogens is 1. The predicted molar refractivity (Wildman–Crippen MR) is 78.6 cm³/mol. The molecule has 0 spiro atoms.